The molecule has 146 valence electrons. The van der Waals surface area contributed by atoms with Gasteiger partial charge in [0.15, 0.2) is 0 Å². The van der Waals surface area contributed by atoms with Crippen LogP contribution in [-0.4, -0.2) is 32.5 Å². The van der Waals surface area contributed by atoms with Gasteiger partial charge in [-0.25, -0.2) is 22.5 Å². The molecule has 1 N–H and O–H groups in total. The van der Waals surface area contributed by atoms with Gasteiger partial charge in [0.25, 0.3) is 0 Å². The van der Waals surface area contributed by atoms with Gasteiger partial charge in [-0.05, 0) is 49.2 Å². The van der Waals surface area contributed by atoms with Crippen LogP contribution in [0.2, 0.25) is 0 Å². The van der Waals surface area contributed by atoms with Gasteiger partial charge in [-0.2, -0.15) is 13.2 Å². The Balaban J connectivity index is 1.69. The van der Waals surface area contributed by atoms with Crippen molar-refractivity contribution in [3.05, 3.63) is 53.5 Å². The van der Waals surface area contributed by atoms with Crippen molar-refractivity contribution < 1.29 is 26.0 Å². The molecule has 1 aromatic carbocycles. The summed E-state index contributed by atoms with van der Waals surface area (Å²) < 4.78 is 78.6. The minimum absolute atomic E-state index is 0.00462. The highest BCUT2D eigenvalue weighted by molar-refractivity contribution is 7.89. The number of nitrogens with one attached hydrogen (secondary N) is 1. The van der Waals surface area contributed by atoms with Crippen molar-refractivity contribution in [2.24, 2.45) is 0 Å². The number of hydrogen-bond acceptors (Lipinski definition) is 4. The fraction of sp³-hybridized carbons (Fsp3) is 0.353. The van der Waals surface area contributed by atoms with Gasteiger partial charge in [-0.3, -0.25) is 0 Å². The van der Waals surface area contributed by atoms with Gasteiger partial charge < -0.3 is 4.90 Å². The molecule has 5 nitrogen and oxygen atoms in total. The van der Waals surface area contributed by atoms with Gasteiger partial charge in [0.05, 0.1) is 10.5 Å². The van der Waals surface area contributed by atoms with Gasteiger partial charge >= 0.3 is 6.18 Å². The highest BCUT2D eigenvalue weighted by atomic mass is 32.2. The second-order valence-corrected chi connectivity index (χ2v) is 8.05. The number of pyridine rings is 1. The summed E-state index contributed by atoms with van der Waals surface area (Å²) in [7, 11) is -3.84. The number of aromatic nitrogens is 1. The molecule has 0 radical (unpaired) electrons. The topological polar surface area (TPSA) is 62.3 Å². The van der Waals surface area contributed by atoms with E-state index in [1.54, 1.807) is 4.90 Å². The molecule has 0 aliphatic carbocycles. The maximum atomic E-state index is 13.2. The van der Waals surface area contributed by atoms with E-state index in [2.05, 4.69) is 9.71 Å². The lowest BCUT2D eigenvalue weighted by Gasteiger charge is -2.19. The number of halogens is 4. The van der Waals surface area contributed by atoms with Crippen molar-refractivity contribution in [3.8, 4) is 0 Å². The Bertz CT molecular complexity index is 930. The van der Waals surface area contributed by atoms with Gasteiger partial charge in [-0.15, -0.1) is 0 Å². The van der Waals surface area contributed by atoms with E-state index in [0.29, 0.717) is 24.3 Å². The van der Waals surface area contributed by atoms with Crippen LogP contribution in [-0.2, 0) is 16.2 Å². The molecule has 1 atom stereocenters. The third-order valence-corrected chi connectivity index (χ3v) is 6.02. The van der Waals surface area contributed by atoms with E-state index >= 15 is 0 Å². The van der Waals surface area contributed by atoms with Crippen LogP contribution in [0.15, 0.2) is 41.4 Å². The van der Waals surface area contributed by atoms with Crippen molar-refractivity contribution in [3.63, 3.8) is 0 Å². The zero-order valence-corrected chi connectivity index (χ0v) is 15.1. The molecule has 1 aliphatic rings. The first-order valence-electron chi connectivity index (χ1n) is 8.13. The largest absolute Gasteiger partial charge is 0.417 e. The van der Waals surface area contributed by atoms with Gasteiger partial charge in [0.1, 0.15) is 11.6 Å². The molecule has 1 aliphatic heterocycles. The Morgan fingerprint density at radius 2 is 1.96 bits per heavy atom. The third kappa shape index (κ3) is 4.38. The molecule has 0 saturated carbocycles. The Morgan fingerprint density at radius 1 is 1.22 bits per heavy atom. The first-order chi connectivity index (χ1) is 12.6. The first-order valence-corrected chi connectivity index (χ1v) is 9.61. The van der Waals surface area contributed by atoms with Crippen LogP contribution in [0.1, 0.15) is 17.5 Å². The van der Waals surface area contributed by atoms with Crippen LogP contribution >= 0.6 is 0 Å². The molecule has 10 heteroatoms. The fourth-order valence-corrected chi connectivity index (χ4v) is 4.49. The number of aryl methyl sites for hydroxylation is 1. The molecule has 27 heavy (non-hydrogen) atoms. The number of alkyl halides is 3. The smallest absolute Gasteiger partial charge is 0.355 e. The summed E-state index contributed by atoms with van der Waals surface area (Å²) in [5.74, 6) is -0.172. The summed E-state index contributed by atoms with van der Waals surface area (Å²) in [4.78, 5) is 5.54. The quantitative estimate of drug-likeness (QED) is 0.797. The molecule has 1 saturated heterocycles. The van der Waals surface area contributed by atoms with Crippen LogP contribution in [0.5, 0.6) is 0 Å². The maximum absolute atomic E-state index is 13.2. The van der Waals surface area contributed by atoms with E-state index < -0.39 is 33.6 Å². The van der Waals surface area contributed by atoms with Crippen molar-refractivity contribution in [1.29, 1.82) is 0 Å². The van der Waals surface area contributed by atoms with Crippen LogP contribution < -0.4 is 9.62 Å². The standard InChI is InChI=1S/C17H17F4N3O2S/c1-11-8-13(18)3-4-15(11)27(25,26)23-14-6-7-24(10-14)16-5-2-12(9-22-16)17(19,20)21/h2-5,8-9,14,23H,6-7,10H2,1H3/t14-/m1/s1. The average molecular weight is 403 g/mol. The second kappa shape index (κ2) is 7.08. The molecule has 1 fully saturated rings. The molecule has 2 heterocycles. The molecule has 0 amide bonds. The molecule has 2 aromatic rings. The lowest BCUT2D eigenvalue weighted by Crippen LogP contribution is -2.37. The molecule has 3 rings (SSSR count). The summed E-state index contributed by atoms with van der Waals surface area (Å²) in [6, 6.07) is 5.21. The molecular formula is C17H17F4N3O2S. The molecule has 1 aromatic heterocycles. The number of anilines is 1. The Hall–Kier alpha value is -2.20. The lowest BCUT2D eigenvalue weighted by atomic mass is 10.2. The molecule has 0 bridgehead atoms. The third-order valence-electron chi connectivity index (χ3n) is 4.34. The van der Waals surface area contributed by atoms with Crippen LogP contribution in [0, 0.1) is 12.7 Å². The monoisotopic (exact) mass is 403 g/mol. The summed E-state index contributed by atoms with van der Waals surface area (Å²) in [5.41, 5.74) is -0.545. The van der Waals surface area contributed by atoms with Crippen molar-refractivity contribution in [2.45, 2.75) is 30.5 Å². The number of hydrogen-bond donors (Lipinski definition) is 1. The summed E-state index contributed by atoms with van der Waals surface area (Å²) in [6.07, 6.45) is -3.22. The van der Waals surface area contributed by atoms with E-state index in [1.807, 2.05) is 0 Å². The minimum Gasteiger partial charge on any atom is -0.355 e. The van der Waals surface area contributed by atoms with E-state index in [0.717, 1.165) is 24.4 Å². The number of sulfonamides is 1. The lowest BCUT2D eigenvalue weighted by molar-refractivity contribution is -0.137. The van der Waals surface area contributed by atoms with E-state index in [-0.39, 0.29) is 11.4 Å². The average Bonchev–Trinajstić information content (AvgIpc) is 3.01. The highest BCUT2D eigenvalue weighted by Gasteiger charge is 2.32. The van der Waals surface area contributed by atoms with E-state index in [4.69, 9.17) is 0 Å². The SMILES string of the molecule is Cc1cc(F)ccc1S(=O)(=O)N[C@@H]1CCN(c2ccc(C(F)(F)F)cn2)C1. The molecule has 0 spiro atoms. The molecular weight excluding hydrogens is 386 g/mol. The summed E-state index contributed by atoms with van der Waals surface area (Å²) in [5, 5.41) is 0. The zero-order valence-electron chi connectivity index (χ0n) is 14.3. The Kier molecular flexibility index (Phi) is 5.13. The normalized spacial score (nSPS) is 18.1. The maximum Gasteiger partial charge on any atom is 0.417 e. The predicted octanol–water partition coefficient (Wildman–Crippen LogP) is 3.11. The number of benzene rings is 1. The van der Waals surface area contributed by atoms with Gasteiger partial charge in [0, 0.05) is 25.3 Å². The van der Waals surface area contributed by atoms with Gasteiger partial charge in [-0.1, -0.05) is 0 Å². The van der Waals surface area contributed by atoms with Crippen LogP contribution in [0.4, 0.5) is 23.4 Å². The first kappa shape index (κ1) is 19.6. The summed E-state index contributed by atoms with van der Waals surface area (Å²) >= 11 is 0. The number of rotatable bonds is 4. The van der Waals surface area contributed by atoms with E-state index in [1.165, 1.54) is 19.1 Å². The van der Waals surface area contributed by atoms with Crippen LogP contribution in [0.25, 0.3) is 0 Å². The van der Waals surface area contributed by atoms with Crippen molar-refractivity contribution in [1.82, 2.24) is 9.71 Å². The Morgan fingerprint density at radius 3 is 2.56 bits per heavy atom. The van der Waals surface area contributed by atoms with Gasteiger partial charge in [0.2, 0.25) is 10.0 Å². The minimum atomic E-state index is -4.46. The van der Waals surface area contributed by atoms with E-state index in [9.17, 15) is 26.0 Å². The molecule has 0 unspecified atom stereocenters. The predicted molar refractivity (Wildman–Crippen MR) is 91.3 cm³/mol. The second-order valence-electron chi connectivity index (χ2n) is 6.37. The fourth-order valence-electron chi connectivity index (χ4n) is 3.00. The Labute approximate surface area is 154 Å². The van der Waals surface area contributed by atoms with Crippen molar-refractivity contribution in [2.75, 3.05) is 18.0 Å². The highest BCUT2D eigenvalue weighted by Crippen LogP contribution is 2.30. The zero-order chi connectivity index (χ0) is 19.8. The van der Waals surface area contributed by atoms with Crippen molar-refractivity contribution >= 4 is 15.8 Å². The van der Waals surface area contributed by atoms with Crippen LogP contribution in [0.3, 0.4) is 0 Å². The number of nitrogens with zero attached hydrogens (tertiary/aromatic N) is 2. The summed E-state index contributed by atoms with van der Waals surface area (Å²) in [6.45, 7) is 2.23.